The van der Waals surface area contributed by atoms with Crippen LogP contribution >= 0.6 is 0 Å². The van der Waals surface area contributed by atoms with Gasteiger partial charge in [-0.3, -0.25) is 14.2 Å². The van der Waals surface area contributed by atoms with E-state index >= 15 is 0 Å². The van der Waals surface area contributed by atoms with Crippen LogP contribution in [0.4, 0.5) is 0 Å². The molecule has 4 rings (SSSR count). The van der Waals surface area contributed by atoms with Gasteiger partial charge in [0.1, 0.15) is 6.54 Å². The first kappa shape index (κ1) is 19.1. The number of carbonyl (C=O) groups excluding carboxylic acids is 1. The third-order valence-electron chi connectivity index (χ3n) is 5.28. The zero-order valence-electron chi connectivity index (χ0n) is 16.8. The molecule has 2 heterocycles. The van der Waals surface area contributed by atoms with Crippen LogP contribution in [0.3, 0.4) is 0 Å². The van der Waals surface area contributed by atoms with E-state index in [1.54, 1.807) is 4.68 Å². The van der Waals surface area contributed by atoms with Crippen molar-refractivity contribution in [2.24, 2.45) is 0 Å². The summed E-state index contributed by atoms with van der Waals surface area (Å²) >= 11 is 0. The van der Waals surface area contributed by atoms with Crippen LogP contribution < -0.4 is 10.9 Å². The maximum absolute atomic E-state index is 13.0. The minimum absolute atomic E-state index is 0.0783. The summed E-state index contributed by atoms with van der Waals surface area (Å²) in [5, 5.41) is 7.53. The van der Waals surface area contributed by atoms with Crippen LogP contribution in [-0.2, 0) is 11.3 Å². The number of rotatable bonds is 5. The van der Waals surface area contributed by atoms with Crippen LogP contribution in [-0.4, -0.2) is 31.3 Å². The smallest absolute Gasteiger partial charge is 0.256 e. The second-order valence-corrected chi connectivity index (χ2v) is 7.62. The normalized spacial score (nSPS) is 14.3. The molecule has 29 heavy (non-hydrogen) atoms. The summed E-state index contributed by atoms with van der Waals surface area (Å²) < 4.78 is 3.03. The molecule has 7 heteroatoms. The fourth-order valence-corrected chi connectivity index (χ4v) is 3.88. The van der Waals surface area contributed by atoms with E-state index in [9.17, 15) is 9.59 Å². The Morgan fingerprint density at radius 1 is 1.14 bits per heavy atom. The molecule has 0 spiro atoms. The number of hydrogen-bond acceptors (Lipinski definition) is 4. The Labute approximate surface area is 169 Å². The van der Waals surface area contributed by atoms with Crippen LogP contribution in [0.5, 0.6) is 0 Å². The lowest BCUT2D eigenvalue weighted by atomic mass is 10.1. The molecule has 3 aromatic rings. The predicted molar refractivity (Wildman–Crippen MR) is 111 cm³/mol. The Bertz CT molecular complexity index is 1080. The molecule has 2 aromatic heterocycles. The SMILES string of the molecule is Cc1cc(C)n(-c2nc(-c3ccccc3)cc(=O)n2CC(=O)NC2CCCC2)n1. The zero-order valence-corrected chi connectivity index (χ0v) is 16.8. The molecule has 1 aliphatic rings. The fourth-order valence-electron chi connectivity index (χ4n) is 3.88. The first-order valence-electron chi connectivity index (χ1n) is 10.0. The van der Waals surface area contributed by atoms with Crippen molar-refractivity contribution in [3.05, 3.63) is 64.2 Å². The van der Waals surface area contributed by atoms with Crippen LogP contribution in [0.15, 0.2) is 47.3 Å². The van der Waals surface area contributed by atoms with E-state index in [4.69, 9.17) is 4.98 Å². The summed E-state index contributed by atoms with van der Waals surface area (Å²) in [6, 6.07) is 13.1. The van der Waals surface area contributed by atoms with Gasteiger partial charge in [-0.2, -0.15) is 5.10 Å². The quantitative estimate of drug-likeness (QED) is 0.725. The Kier molecular flexibility index (Phi) is 5.29. The molecule has 7 nitrogen and oxygen atoms in total. The van der Waals surface area contributed by atoms with E-state index in [0.717, 1.165) is 42.6 Å². The second kappa shape index (κ2) is 8.03. The number of carbonyl (C=O) groups is 1. The average molecular weight is 391 g/mol. The van der Waals surface area contributed by atoms with Gasteiger partial charge in [0.05, 0.1) is 11.4 Å². The van der Waals surface area contributed by atoms with Gasteiger partial charge in [0, 0.05) is 23.4 Å². The molecule has 0 atom stereocenters. The third kappa shape index (κ3) is 4.13. The topological polar surface area (TPSA) is 81.8 Å². The van der Waals surface area contributed by atoms with E-state index in [1.807, 2.05) is 50.2 Å². The van der Waals surface area contributed by atoms with Gasteiger partial charge in [0.2, 0.25) is 11.9 Å². The Hall–Kier alpha value is -3.22. The van der Waals surface area contributed by atoms with Crippen molar-refractivity contribution in [2.45, 2.75) is 52.1 Å². The van der Waals surface area contributed by atoms with Gasteiger partial charge in [-0.1, -0.05) is 43.2 Å². The lowest BCUT2D eigenvalue weighted by Gasteiger charge is -2.16. The van der Waals surface area contributed by atoms with E-state index < -0.39 is 0 Å². The summed E-state index contributed by atoms with van der Waals surface area (Å²) in [7, 11) is 0. The van der Waals surface area contributed by atoms with Gasteiger partial charge in [-0.15, -0.1) is 0 Å². The van der Waals surface area contributed by atoms with Crippen molar-refractivity contribution in [2.75, 3.05) is 0 Å². The molecule has 1 aromatic carbocycles. The first-order chi connectivity index (χ1) is 14.0. The average Bonchev–Trinajstić information content (AvgIpc) is 3.33. The molecular formula is C22H25N5O2. The maximum atomic E-state index is 13.0. The lowest BCUT2D eigenvalue weighted by molar-refractivity contribution is -0.122. The molecule has 0 unspecified atom stereocenters. The lowest BCUT2D eigenvalue weighted by Crippen LogP contribution is -2.39. The van der Waals surface area contributed by atoms with E-state index in [-0.39, 0.29) is 24.1 Å². The monoisotopic (exact) mass is 391 g/mol. The van der Waals surface area contributed by atoms with Crippen molar-refractivity contribution in [3.8, 4) is 17.2 Å². The van der Waals surface area contributed by atoms with Crippen LogP contribution in [0, 0.1) is 13.8 Å². The van der Waals surface area contributed by atoms with Gasteiger partial charge < -0.3 is 5.32 Å². The van der Waals surface area contributed by atoms with Crippen molar-refractivity contribution in [1.29, 1.82) is 0 Å². The molecule has 1 N–H and O–H groups in total. The van der Waals surface area contributed by atoms with Gasteiger partial charge in [0.15, 0.2) is 0 Å². The highest BCUT2D eigenvalue weighted by molar-refractivity contribution is 5.76. The number of nitrogens with zero attached hydrogens (tertiary/aromatic N) is 4. The maximum Gasteiger partial charge on any atom is 0.256 e. The third-order valence-corrected chi connectivity index (χ3v) is 5.28. The number of nitrogens with one attached hydrogen (secondary N) is 1. The van der Waals surface area contributed by atoms with E-state index in [0.29, 0.717) is 11.6 Å². The number of aromatic nitrogens is 4. The predicted octanol–water partition coefficient (Wildman–Crippen LogP) is 2.77. The number of benzene rings is 1. The van der Waals surface area contributed by atoms with Gasteiger partial charge in [-0.05, 0) is 32.8 Å². The van der Waals surface area contributed by atoms with E-state index in [2.05, 4.69) is 10.4 Å². The second-order valence-electron chi connectivity index (χ2n) is 7.62. The molecule has 1 amide bonds. The summed E-state index contributed by atoms with van der Waals surface area (Å²) in [5.41, 5.74) is 2.80. The summed E-state index contributed by atoms with van der Waals surface area (Å²) in [5.74, 6) is 0.180. The van der Waals surface area contributed by atoms with E-state index in [1.165, 1.54) is 10.6 Å². The van der Waals surface area contributed by atoms with Gasteiger partial charge in [0.25, 0.3) is 5.56 Å². The molecular weight excluding hydrogens is 366 g/mol. The van der Waals surface area contributed by atoms with Gasteiger partial charge in [-0.25, -0.2) is 9.67 Å². The summed E-state index contributed by atoms with van der Waals surface area (Å²) in [6.07, 6.45) is 4.26. The number of hydrogen-bond donors (Lipinski definition) is 1. The fraction of sp³-hybridized carbons (Fsp3) is 0.364. The standard InChI is InChI=1S/C22H25N5O2/c1-15-12-16(2)27(25-15)22-24-19(17-8-4-3-5-9-17)13-21(29)26(22)14-20(28)23-18-10-6-7-11-18/h3-5,8-9,12-13,18H,6-7,10-11,14H2,1-2H3,(H,23,28). The molecule has 1 saturated carbocycles. The van der Waals surface area contributed by atoms with Crippen LogP contribution in [0.1, 0.15) is 37.1 Å². The minimum atomic E-state index is -0.275. The Morgan fingerprint density at radius 3 is 2.52 bits per heavy atom. The zero-order chi connectivity index (χ0) is 20.4. The van der Waals surface area contributed by atoms with Gasteiger partial charge >= 0.3 is 0 Å². The highest BCUT2D eigenvalue weighted by Crippen LogP contribution is 2.19. The van der Waals surface area contributed by atoms with Crippen molar-refractivity contribution < 1.29 is 4.79 Å². The molecule has 0 bridgehead atoms. The van der Waals surface area contributed by atoms with Crippen molar-refractivity contribution >= 4 is 5.91 Å². The molecule has 0 aliphatic heterocycles. The van der Waals surface area contributed by atoms with Crippen LogP contribution in [0.2, 0.25) is 0 Å². The Morgan fingerprint density at radius 2 is 1.86 bits per heavy atom. The summed E-state index contributed by atoms with van der Waals surface area (Å²) in [6.45, 7) is 3.72. The number of aryl methyl sites for hydroxylation is 2. The molecule has 0 saturated heterocycles. The Balaban J connectivity index is 1.76. The largest absolute Gasteiger partial charge is 0.352 e. The molecule has 150 valence electrons. The first-order valence-corrected chi connectivity index (χ1v) is 10.0. The molecule has 0 radical (unpaired) electrons. The molecule has 1 fully saturated rings. The number of amides is 1. The minimum Gasteiger partial charge on any atom is -0.352 e. The molecule has 1 aliphatic carbocycles. The highest BCUT2D eigenvalue weighted by Gasteiger charge is 2.20. The van der Waals surface area contributed by atoms with Crippen molar-refractivity contribution in [1.82, 2.24) is 24.6 Å². The highest BCUT2D eigenvalue weighted by atomic mass is 16.2. The van der Waals surface area contributed by atoms with Crippen molar-refractivity contribution in [3.63, 3.8) is 0 Å². The summed E-state index contributed by atoms with van der Waals surface area (Å²) in [4.78, 5) is 30.3. The van der Waals surface area contributed by atoms with Crippen LogP contribution in [0.25, 0.3) is 17.2 Å².